The van der Waals surface area contributed by atoms with E-state index in [0.29, 0.717) is 11.7 Å². The van der Waals surface area contributed by atoms with Gasteiger partial charge in [0.25, 0.3) is 0 Å². The molecule has 1 heterocycles. The Bertz CT molecular complexity index is 307. The van der Waals surface area contributed by atoms with Gasteiger partial charge in [-0.15, -0.1) is 0 Å². The standard InChI is InChI=1S/C11H17N3/c1-8(4-9-2-3-9)14-11-5-10(12)6-13-7-11/h5-9,14H,2-4,12H2,1H3. The maximum absolute atomic E-state index is 5.65. The summed E-state index contributed by atoms with van der Waals surface area (Å²) in [5.41, 5.74) is 7.39. The Morgan fingerprint density at radius 3 is 3.00 bits per heavy atom. The van der Waals surface area contributed by atoms with Gasteiger partial charge in [0.2, 0.25) is 0 Å². The number of hydrogen-bond acceptors (Lipinski definition) is 3. The summed E-state index contributed by atoms with van der Waals surface area (Å²) in [5.74, 6) is 0.950. The highest BCUT2D eigenvalue weighted by Crippen LogP contribution is 2.34. The fourth-order valence-corrected chi connectivity index (χ4v) is 1.73. The van der Waals surface area contributed by atoms with Crippen LogP contribution in [-0.2, 0) is 0 Å². The fourth-order valence-electron chi connectivity index (χ4n) is 1.73. The van der Waals surface area contributed by atoms with E-state index in [9.17, 15) is 0 Å². The number of anilines is 2. The largest absolute Gasteiger partial charge is 0.397 e. The molecule has 1 atom stereocenters. The summed E-state index contributed by atoms with van der Waals surface area (Å²) in [6.07, 6.45) is 7.55. The summed E-state index contributed by atoms with van der Waals surface area (Å²) in [4.78, 5) is 4.04. The fraction of sp³-hybridized carbons (Fsp3) is 0.545. The van der Waals surface area contributed by atoms with Crippen LogP contribution in [0.25, 0.3) is 0 Å². The van der Waals surface area contributed by atoms with Gasteiger partial charge in [0, 0.05) is 12.2 Å². The first-order valence-electron chi connectivity index (χ1n) is 5.21. The minimum atomic E-state index is 0.520. The van der Waals surface area contributed by atoms with Gasteiger partial charge in [-0.2, -0.15) is 0 Å². The molecule has 1 aliphatic carbocycles. The molecule has 1 aromatic heterocycles. The molecule has 1 unspecified atom stereocenters. The van der Waals surface area contributed by atoms with Crippen molar-refractivity contribution in [3.05, 3.63) is 18.5 Å². The molecule has 76 valence electrons. The van der Waals surface area contributed by atoms with Crippen LogP contribution >= 0.6 is 0 Å². The Balaban J connectivity index is 1.88. The molecule has 0 saturated heterocycles. The Morgan fingerprint density at radius 2 is 2.36 bits per heavy atom. The Hall–Kier alpha value is -1.25. The number of nitrogens with two attached hydrogens (primary N) is 1. The van der Waals surface area contributed by atoms with E-state index in [2.05, 4.69) is 17.2 Å². The molecule has 1 fully saturated rings. The molecule has 0 spiro atoms. The molecular formula is C11H17N3. The number of nitrogens with zero attached hydrogens (tertiary/aromatic N) is 1. The number of pyridine rings is 1. The lowest BCUT2D eigenvalue weighted by molar-refractivity contribution is 0.642. The second kappa shape index (κ2) is 3.86. The predicted molar refractivity (Wildman–Crippen MR) is 59.1 cm³/mol. The van der Waals surface area contributed by atoms with Gasteiger partial charge in [0.1, 0.15) is 0 Å². The first-order valence-corrected chi connectivity index (χ1v) is 5.21. The van der Waals surface area contributed by atoms with Crippen molar-refractivity contribution in [2.45, 2.75) is 32.2 Å². The van der Waals surface area contributed by atoms with Crippen molar-refractivity contribution >= 4 is 11.4 Å². The summed E-state index contributed by atoms with van der Waals surface area (Å²) in [6.45, 7) is 2.21. The zero-order chi connectivity index (χ0) is 9.97. The minimum Gasteiger partial charge on any atom is -0.397 e. The molecule has 1 aromatic rings. The smallest absolute Gasteiger partial charge is 0.0549 e. The predicted octanol–water partition coefficient (Wildman–Crippen LogP) is 2.26. The van der Waals surface area contributed by atoms with Gasteiger partial charge in [-0.1, -0.05) is 12.8 Å². The van der Waals surface area contributed by atoms with Crippen LogP contribution in [0.1, 0.15) is 26.2 Å². The van der Waals surface area contributed by atoms with Crippen molar-refractivity contribution in [2.75, 3.05) is 11.1 Å². The quantitative estimate of drug-likeness (QED) is 0.767. The first-order chi connectivity index (χ1) is 6.74. The molecule has 1 aliphatic rings. The van der Waals surface area contributed by atoms with Crippen molar-refractivity contribution in [3.63, 3.8) is 0 Å². The number of nitrogens with one attached hydrogen (secondary N) is 1. The van der Waals surface area contributed by atoms with E-state index < -0.39 is 0 Å². The highest BCUT2D eigenvalue weighted by molar-refractivity contribution is 5.51. The van der Waals surface area contributed by atoms with E-state index in [1.54, 1.807) is 6.20 Å². The van der Waals surface area contributed by atoms with E-state index >= 15 is 0 Å². The van der Waals surface area contributed by atoms with Crippen LogP contribution in [-0.4, -0.2) is 11.0 Å². The van der Waals surface area contributed by atoms with Crippen LogP contribution in [0.15, 0.2) is 18.5 Å². The van der Waals surface area contributed by atoms with Gasteiger partial charge in [0.15, 0.2) is 0 Å². The summed E-state index contributed by atoms with van der Waals surface area (Å²) >= 11 is 0. The molecule has 3 nitrogen and oxygen atoms in total. The van der Waals surface area contributed by atoms with E-state index in [1.807, 2.05) is 12.3 Å². The lowest BCUT2D eigenvalue weighted by Crippen LogP contribution is -2.15. The minimum absolute atomic E-state index is 0.520. The van der Waals surface area contributed by atoms with Crippen LogP contribution < -0.4 is 11.1 Å². The lowest BCUT2D eigenvalue weighted by Gasteiger charge is -2.14. The summed E-state index contributed by atoms with van der Waals surface area (Å²) in [6, 6.07) is 2.45. The van der Waals surface area contributed by atoms with E-state index in [1.165, 1.54) is 19.3 Å². The Morgan fingerprint density at radius 1 is 1.57 bits per heavy atom. The molecule has 0 aliphatic heterocycles. The second-order valence-electron chi connectivity index (χ2n) is 4.23. The monoisotopic (exact) mass is 191 g/mol. The second-order valence-corrected chi connectivity index (χ2v) is 4.23. The number of rotatable bonds is 4. The van der Waals surface area contributed by atoms with Gasteiger partial charge < -0.3 is 11.1 Å². The van der Waals surface area contributed by atoms with Crippen LogP contribution in [0.3, 0.4) is 0 Å². The van der Waals surface area contributed by atoms with Gasteiger partial charge in [-0.3, -0.25) is 4.98 Å². The maximum atomic E-state index is 5.65. The zero-order valence-electron chi connectivity index (χ0n) is 8.53. The number of aromatic nitrogens is 1. The van der Waals surface area contributed by atoms with Gasteiger partial charge >= 0.3 is 0 Å². The normalized spacial score (nSPS) is 17.8. The van der Waals surface area contributed by atoms with Gasteiger partial charge in [-0.25, -0.2) is 0 Å². The van der Waals surface area contributed by atoms with E-state index in [-0.39, 0.29) is 0 Å². The molecule has 1 saturated carbocycles. The average Bonchev–Trinajstić information content (AvgIpc) is 2.87. The van der Waals surface area contributed by atoms with Gasteiger partial charge in [-0.05, 0) is 25.3 Å². The van der Waals surface area contributed by atoms with Crippen molar-refractivity contribution in [2.24, 2.45) is 5.92 Å². The molecule has 14 heavy (non-hydrogen) atoms. The molecule has 0 radical (unpaired) electrons. The van der Waals surface area contributed by atoms with Crippen molar-refractivity contribution < 1.29 is 0 Å². The number of nitrogen functional groups attached to an aromatic ring is 1. The molecular weight excluding hydrogens is 174 g/mol. The third-order valence-corrected chi connectivity index (χ3v) is 2.56. The summed E-state index contributed by atoms with van der Waals surface area (Å²) < 4.78 is 0. The van der Waals surface area contributed by atoms with Crippen molar-refractivity contribution in [3.8, 4) is 0 Å². The van der Waals surface area contributed by atoms with E-state index in [0.717, 1.165) is 11.6 Å². The topological polar surface area (TPSA) is 50.9 Å². The van der Waals surface area contributed by atoms with Crippen LogP contribution in [0.4, 0.5) is 11.4 Å². The summed E-state index contributed by atoms with van der Waals surface area (Å²) in [5, 5.41) is 3.41. The molecule has 3 N–H and O–H groups in total. The number of hydrogen-bond donors (Lipinski definition) is 2. The molecule has 0 bridgehead atoms. The Labute approximate surface area is 84.7 Å². The van der Waals surface area contributed by atoms with Crippen LogP contribution in [0.5, 0.6) is 0 Å². The summed E-state index contributed by atoms with van der Waals surface area (Å²) in [7, 11) is 0. The average molecular weight is 191 g/mol. The van der Waals surface area contributed by atoms with Gasteiger partial charge in [0.05, 0.1) is 17.6 Å². The zero-order valence-corrected chi connectivity index (χ0v) is 8.53. The van der Waals surface area contributed by atoms with E-state index in [4.69, 9.17) is 5.73 Å². The van der Waals surface area contributed by atoms with Crippen molar-refractivity contribution in [1.82, 2.24) is 4.98 Å². The molecule has 3 heteroatoms. The highest BCUT2D eigenvalue weighted by atomic mass is 14.9. The van der Waals surface area contributed by atoms with Crippen molar-refractivity contribution in [1.29, 1.82) is 0 Å². The molecule has 0 aromatic carbocycles. The first kappa shape index (κ1) is 9.31. The highest BCUT2D eigenvalue weighted by Gasteiger charge is 2.23. The molecule has 2 rings (SSSR count). The van der Waals surface area contributed by atoms with Crippen LogP contribution in [0.2, 0.25) is 0 Å². The third-order valence-electron chi connectivity index (χ3n) is 2.56. The maximum Gasteiger partial charge on any atom is 0.0549 e. The molecule has 0 amide bonds. The SMILES string of the molecule is CC(CC1CC1)Nc1cncc(N)c1. The van der Waals surface area contributed by atoms with Crippen LogP contribution in [0, 0.1) is 5.92 Å². The third kappa shape index (κ3) is 2.62. The Kier molecular flexibility index (Phi) is 2.57. The lowest BCUT2D eigenvalue weighted by atomic mass is 10.1.